The largest absolute Gasteiger partial charge is 0.444 e. The van der Waals surface area contributed by atoms with E-state index in [4.69, 9.17) is 10.00 Å². The molecule has 1 heterocycles. The first-order chi connectivity index (χ1) is 10.6. The van der Waals surface area contributed by atoms with Crippen LogP contribution in [-0.2, 0) is 14.9 Å². The van der Waals surface area contributed by atoms with E-state index in [0.29, 0.717) is 6.54 Å². The molecule has 1 amide bonds. The first-order valence-corrected chi connectivity index (χ1v) is 9.08. The van der Waals surface area contributed by atoms with Crippen molar-refractivity contribution in [3.05, 3.63) is 0 Å². The van der Waals surface area contributed by atoms with Crippen LogP contribution >= 0.6 is 0 Å². The van der Waals surface area contributed by atoms with E-state index < -0.39 is 21.9 Å². The lowest BCUT2D eigenvalue weighted by Crippen LogP contribution is -2.47. The predicted octanol–water partition coefficient (Wildman–Crippen LogP) is 1.07. The fourth-order valence-electron chi connectivity index (χ4n) is 2.25. The molecule has 1 fully saturated rings. The summed E-state index contributed by atoms with van der Waals surface area (Å²) in [5.74, 6) is 0. The number of amides is 1. The number of nitrogens with zero attached hydrogens (tertiary/aromatic N) is 3. The maximum Gasteiger partial charge on any atom is 0.410 e. The summed E-state index contributed by atoms with van der Waals surface area (Å²) in [7, 11) is -2.23. The summed E-state index contributed by atoms with van der Waals surface area (Å²) in [6.45, 7) is 6.21. The van der Waals surface area contributed by atoms with Crippen LogP contribution in [0.1, 0.15) is 40.0 Å². The van der Waals surface area contributed by atoms with E-state index in [0.717, 1.165) is 17.1 Å². The minimum Gasteiger partial charge on any atom is -0.444 e. The summed E-state index contributed by atoms with van der Waals surface area (Å²) in [5.41, 5.74) is -0.582. The SMILES string of the molecule is CN(CCC#N)S(=O)(=O)NCC1CCCN1C(=O)OC(C)(C)C. The minimum absolute atomic E-state index is 0.130. The highest BCUT2D eigenvalue weighted by atomic mass is 32.2. The van der Waals surface area contributed by atoms with E-state index >= 15 is 0 Å². The van der Waals surface area contributed by atoms with Gasteiger partial charge in [0.2, 0.25) is 0 Å². The molecule has 9 heteroatoms. The standard InChI is InChI=1S/C14H26N4O4S/c1-14(2,3)22-13(19)18-10-5-7-12(18)11-16-23(20,21)17(4)9-6-8-15/h12,16H,5-7,9-11H2,1-4H3. The van der Waals surface area contributed by atoms with Gasteiger partial charge in [0.15, 0.2) is 0 Å². The van der Waals surface area contributed by atoms with Crippen molar-refractivity contribution in [3.63, 3.8) is 0 Å². The third-order valence-electron chi connectivity index (χ3n) is 3.46. The number of likely N-dealkylation sites (tertiary alicyclic amines) is 1. The summed E-state index contributed by atoms with van der Waals surface area (Å²) in [4.78, 5) is 13.7. The topological polar surface area (TPSA) is 103 Å². The van der Waals surface area contributed by atoms with Crippen molar-refractivity contribution in [2.45, 2.75) is 51.7 Å². The fourth-order valence-corrected chi connectivity index (χ4v) is 3.20. The molecule has 1 atom stereocenters. The van der Waals surface area contributed by atoms with Gasteiger partial charge in [0, 0.05) is 39.1 Å². The highest BCUT2D eigenvalue weighted by molar-refractivity contribution is 7.87. The van der Waals surface area contributed by atoms with Crippen LogP contribution in [0.5, 0.6) is 0 Å². The van der Waals surface area contributed by atoms with Gasteiger partial charge in [-0.15, -0.1) is 0 Å². The van der Waals surface area contributed by atoms with Crippen molar-refractivity contribution in [2.75, 3.05) is 26.7 Å². The fraction of sp³-hybridized carbons (Fsp3) is 0.857. The lowest BCUT2D eigenvalue weighted by Gasteiger charge is -2.29. The molecule has 0 aromatic rings. The maximum absolute atomic E-state index is 12.2. The number of ether oxygens (including phenoxy) is 1. The van der Waals surface area contributed by atoms with Crippen LogP contribution in [0, 0.1) is 11.3 Å². The third-order valence-corrected chi connectivity index (χ3v) is 4.99. The molecular weight excluding hydrogens is 320 g/mol. The molecule has 0 aliphatic carbocycles. The minimum atomic E-state index is -3.65. The molecule has 0 saturated carbocycles. The van der Waals surface area contributed by atoms with Crippen LogP contribution < -0.4 is 4.72 Å². The monoisotopic (exact) mass is 346 g/mol. The summed E-state index contributed by atoms with van der Waals surface area (Å²) < 4.78 is 33.1. The van der Waals surface area contributed by atoms with E-state index in [1.807, 2.05) is 6.07 Å². The Hall–Kier alpha value is -1.37. The average molecular weight is 346 g/mol. The van der Waals surface area contributed by atoms with Crippen molar-refractivity contribution in [3.8, 4) is 6.07 Å². The second kappa shape index (κ2) is 7.95. The first kappa shape index (κ1) is 19.7. The first-order valence-electron chi connectivity index (χ1n) is 7.64. The second-order valence-electron chi connectivity index (χ2n) is 6.55. The van der Waals surface area contributed by atoms with E-state index in [9.17, 15) is 13.2 Å². The molecular formula is C14H26N4O4S. The molecule has 1 N–H and O–H groups in total. The highest BCUT2D eigenvalue weighted by Crippen LogP contribution is 2.20. The van der Waals surface area contributed by atoms with Crippen LogP contribution in [0.4, 0.5) is 4.79 Å². The molecule has 0 bridgehead atoms. The quantitative estimate of drug-likeness (QED) is 0.775. The molecule has 23 heavy (non-hydrogen) atoms. The summed E-state index contributed by atoms with van der Waals surface area (Å²) in [6, 6.07) is 1.69. The van der Waals surface area contributed by atoms with E-state index in [1.54, 1.807) is 25.7 Å². The van der Waals surface area contributed by atoms with Crippen molar-refractivity contribution >= 4 is 16.3 Å². The summed E-state index contributed by atoms with van der Waals surface area (Å²) in [6.07, 6.45) is 1.25. The summed E-state index contributed by atoms with van der Waals surface area (Å²) >= 11 is 0. The molecule has 132 valence electrons. The molecule has 1 saturated heterocycles. The Balaban J connectivity index is 2.59. The number of nitriles is 1. The zero-order chi connectivity index (χ0) is 17.7. The van der Waals surface area contributed by atoms with Gasteiger partial charge in [0.05, 0.1) is 6.07 Å². The zero-order valence-electron chi connectivity index (χ0n) is 14.2. The Kier molecular flexibility index (Phi) is 6.80. The smallest absolute Gasteiger partial charge is 0.410 e. The van der Waals surface area contributed by atoms with Gasteiger partial charge in [-0.1, -0.05) is 0 Å². The van der Waals surface area contributed by atoms with E-state index in [-0.39, 0.29) is 25.6 Å². The Morgan fingerprint density at radius 2 is 2.13 bits per heavy atom. The van der Waals surface area contributed by atoms with Gasteiger partial charge in [-0.25, -0.2) is 9.52 Å². The Labute approximate surface area is 138 Å². The molecule has 0 radical (unpaired) electrons. The molecule has 1 rings (SSSR count). The van der Waals surface area contributed by atoms with Crippen molar-refractivity contribution < 1.29 is 17.9 Å². The van der Waals surface area contributed by atoms with E-state index in [1.165, 1.54) is 7.05 Å². The molecule has 0 aromatic carbocycles. The van der Waals surface area contributed by atoms with Gasteiger partial charge < -0.3 is 9.64 Å². The average Bonchev–Trinajstić information content (AvgIpc) is 2.89. The Morgan fingerprint density at radius 3 is 2.70 bits per heavy atom. The number of nitrogens with one attached hydrogen (secondary N) is 1. The van der Waals surface area contributed by atoms with Crippen LogP contribution in [0.2, 0.25) is 0 Å². The molecule has 1 aliphatic heterocycles. The normalized spacial score (nSPS) is 19.0. The zero-order valence-corrected chi connectivity index (χ0v) is 15.0. The van der Waals surface area contributed by atoms with E-state index in [2.05, 4.69) is 4.72 Å². The number of rotatable bonds is 6. The van der Waals surface area contributed by atoms with Gasteiger partial charge >= 0.3 is 6.09 Å². The molecule has 8 nitrogen and oxygen atoms in total. The molecule has 1 aliphatic rings. The van der Waals surface area contributed by atoms with Gasteiger partial charge in [-0.05, 0) is 33.6 Å². The van der Waals surface area contributed by atoms with Crippen LogP contribution in [0.25, 0.3) is 0 Å². The molecule has 0 aromatic heterocycles. The lowest BCUT2D eigenvalue weighted by atomic mass is 10.2. The van der Waals surface area contributed by atoms with Crippen molar-refractivity contribution in [2.24, 2.45) is 0 Å². The van der Waals surface area contributed by atoms with Gasteiger partial charge in [0.25, 0.3) is 10.2 Å². The molecule has 1 unspecified atom stereocenters. The Morgan fingerprint density at radius 1 is 1.48 bits per heavy atom. The number of carbonyl (C=O) groups excluding carboxylic acids is 1. The summed E-state index contributed by atoms with van der Waals surface area (Å²) in [5, 5.41) is 8.52. The number of carbonyl (C=O) groups is 1. The molecule has 0 spiro atoms. The maximum atomic E-state index is 12.2. The lowest BCUT2D eigenvalue weighted by molar-refractivity contribution is 0.0229. The van der Waals surface area contributed by atoms with Crippen LogP contribution in [0.3, 0.4) is 0 Å². The Bertz CT molecular complexity index is 550. The third kappa shape index (κ3) is 6.33. The number of hydrogen-bond donors (Lipinski definition) is 1. The van der Waals surface area contributed by atoms with Crippen LogP contribution in [0.15, 0.2) is 0 Å². The van der Waals surface area contributed by atoms with Crippen molar-refractivity contribution in [1.29, 1.82) is 5.26 Å². The van der Waals surface area contributed by atoms with Gasteiger partial charge in [-0.2, -0.15) is 18.0 Å². The second-order valence-corrected chi connectivity index (χ2v) is 8.42. The van der Waals surface area contributed by atoms with Crippen LogP contribution in [-0.4, -0.2) is 62.0 Å². The highest BCUT2D eigenvalue weighted by Gasteiger charge is 2.33. The van der Waals surface area contributed by atoms with Gasteiger partial charge in [0.1, 0.15) is 5.60 Å². The predicted molar refractivity (Wildman–Crippen MR) is 85.7 cm³/mol. The van der Waals surface area contributed by atoms with Gasteiger partial charge in [-0.3, -0.25) is 0 Å². The van der Waals surface area contributed by atoms with Crippen molar-refractivity contribution in [1.82, 2.24) is 13.9 Å². The number of hydrogen-bond acceptors (Lipinski definition) is 5.